The van der Waals surface area contributed by atoms with Crippen molar-refractivity contribution in [3.05, 3.63) is 0 Å². The maximum atomic E-state index is 10.4. The molecular weight excluding hydrogens is 204 g/mol. The van der Waals surface area contributed by atoms with Crippen molar-refractivity contribution in [1.82, 2.24) is 0 Å². The summed E-state index contributed by atoms with van der Waals surface area (Å²) in [5, 5.41) is 0. The minimum absolute atomic E-state index is 0.162. The Morgan fingerprint density at radius 2 is 2.08 bits per heavy atom. The Labute approximate surface area is 88.2 Å². The summed E-state index contributed by atoms with van der Waals surface area (Å²) in [5.41, 5.74) is 0. The third kappa shape index (κ3) is 5.47. The molecule has 1 fully saturated rings. The fourth-order valence-corrected chi connectivity index (χ4v) is 4.13. The molecule has 0 unspecified atom stereocenters. The minimum atomic E-state index is -0.162. The number of esters is 1. The van der Waals surface area contributed by atoms with Crippen LogP contribution in [0.15, 0.2) is 0 Å². The van der Waals surface area contributed by atoms with E-state index in [1.165, 1.54) is 31.3 Å². The Balaban J connectivity index is 1.86. The first-order chi connectivity index (χ1) is 6.29. The maximum Gasteiger partial charge on any atom is 0.302 e. The molecule has 1 saturated heterocycles. The van der Waals surface area contributed by atoms with Crippen LogP contribution in [-0.4, -0.2) is 28.7 Å². The largest absolute Gasteiger partial charge is 0.466 e. The van der Waals surface area contributed by atoms with Gasteiger partial charge in [0.15, 0.2) is 0 Å². The number of ether oxygens (including phenoxy) is 1. The average molecular weight is 220 g/mol. The Morgan fingerprint density at radius 1 is 1.38 bits per heavy atom. The van der Waals surface area contributed by atoms with Crippen LogP contribution >= 0.6 is 23.5 Å². The van der Waals surface area contributed by atoms with Gasteiger partial charge < -0.3 is 4.74 Å². The van der Waals surface area contributed by atoms with E-state index >= 15 is 0 Å². The van der Waals surface area contributed by atoms with Crippen LogP contribution in [0, 0.1) is 0 Å². The predicted molar refractivity (Wildman–Crippen MR) is 59.2 cm³/mol. The summed E-state index contributed by atoms with van der Waals surface area (Å²) >= 11 is 4.12. The third-order valence-electron chi connectivity index (χ3n) is 1.83. The van der Waals surface area contributed by atoms with E-state index in [1.807, 2.05) is 0 Å². The molecule has 0 N–H and O–H groups in total. The zero-order valence-electron chi connectivity index (χ0n) is 7.95. The van der Waals surface area contributed by atoms with Gasteiger partial charge in [0.25, 0.3) is 0 Å². The van der Waals surface area contributed by atoms with E-state index < -0.39 is 0 Å². The van der Waals surface area contributed by atoms with E-state index in [1.54, 1.807) is 0 Å². The minimum Gasteiger partial charge on any atom is -0.466 e. The van der Waals surface area contributed by atoms with E-state index in [0.29, 0.717) is 6.61 Å². The van der Waals surface area contributed by atoms with Crippen LogP contribution < -0.4 is 0 Å². The topological polar surface area (TPSA) is 26.3 Å². The van der Waals surface area contributed by atoms with Crippen molar-refractivity contribution in [2.45, 2.75) is 30.8 Å². The van der Waals surface area contributed by atoms with Gasteiger partial charge in [0.1, 0.15) is 0 Å². The molecule has 1 aliphatic rings. The molecule has 0 radical (unpaired) electrons. The van der Waals surface area contributed by atoms with Crippen molar-refractivity contribution in [2.24, 2.45) is 0 Å². The molecule has 0 amide bonds. The first-order valence-corrected chi connectivity index (χ1v) is 6.75. The van der Waals surface area contributed by atoms with Crippen LogP contribution in [0.25, 0.3) is 0 Å². The molecule has 13 heavy (non-hydrogen) atoms. The summed E-state index contributed by atoms with van der Waals surface area (Å²) < 4.78 is 5.66. The number of hydrogen-bond donors (Lipinski definition) is 0. The van der Waals surface area contributed by atoms with Gasteiger partial charge in [0.05, 0.1) is 11.2 Å². The molecule has 1 heterocycles. The Morgan fingerprint density at radius 3 is 2.69 bits per heavy atom. The lowest BCUT2D eigenvalue weighted by atomic mass is 10.3. The van der Waals surface area contributed by atoms with Crippen molar-refractivity contribution in [3.8, 4) is 0 Å². The maximum absolute atomic E-state index is 10.4. The van der Waals surface area contributed by atoms with Crippen LogP contribution in [-0.2, 0) is 9.53 Å². The van der Waals surface area contributed by atoms with Crippen LogP contribution in [0.4, 0.5) is 0 Å². The second-order valence-electron chi connectivity index (χ2n) is 3.01. The number of rotatable bonds is 5. The quantitative estimate of drug-likeness (QED) is 0.525. The van der Waals surface area contributed by atoms with Gasteiger partial charge in [-0.1, -0.05) is 0 Å². The Bertz CT molecular complexity index is 156. The Hall–Kier alpha value is 0.170. The fourth-order valence-electron chi connectivity index (χ4n) is 1.20. The summed E-state index contributed by atoms with van der Waals surface area (Å²) in [4.78, 5) is 10.4. The SMILES string of the molecule is CC(=O)OCCCCC1SCCS1. The van der Waals surface area contributed by atoms with Gasteiger partial charge >= 0.3 is 5.97 Å². The summed E-state index contributed by atoms with van der Waals surface area (Å²) in [7, 11) is 0. The molecule has 2 nitrogen and oxygen atoms in total. The number of hydrogen-bond acceptors (Lipinski definition) is 4. The molecule has 76 valence electrons. The van der Waals surface area contributed by atoms with Gasteiger partial charge in [0.2, 0.25) is 0 Å². The van der Waals surface area contributed by atoms with Gasteiger partial charge in [0, 0.05) is 18.4 Å². The molecule has 0 aromatic heterocycles. The molecule has 1 aliphatic heterocycles. The zero-order chi connectivity index (χ0) is 9.52. The summed E-state index contributed by atoms with van der Waals surface area (Å²) in [6.07, 6.45) is 3.45. The van der Waals surface area contributed by atoms with Gasteiger partial charge in [-0.05, 0) is 19.3 Å². The summed E-state index contributed by atoms with van der Waals surface area (Å²) in [6, 6.07) is 0. The fraction of sp³-hybridized carbons (Fsp3) is 0.889. The normalized spacial score (nSPS) is 17.6. The number of carbonyl (C=O) groups is 1. The van der Waals surface area contributed by atoms with E-state index in [2.05, 4.69) is 23.5 Å². The lowest BCUT2D eigenvalue weighted by molar-refractivity contribution is -0.141. The first kappa shape index (κ1) is 11.2. The van der Waals surface area contributed by atoms with Gasteiger partial charge in [-0.15, -0.1) is 23.5 Å². The molecule has 0 atom stereocenters. The van der Waals surface area contributed by atoms with Gasteiger partial charge in [-0.2, -0.15) is 0 Å². The zero-order valence-corrected chi connectivity index (χ0v) is 9.59. The second kappa shape index (κ2) is 6.60. The number of carbonyl (C=O) groups excluding carboxylic acids is 1. The molecule has 0 spiro atoms. The molecule has 1 rings (SSSR count). The van der Waals surface area contributed by atoms with E-state index in [4.69, 9.17) is 4.74 Å². The number of thioether (sulfide) groups is 2. The van der Waals surface area contributed by atoms with Crippen molar-refractivity contribution >= 4 is 29.5 Å². The second-order valence-corrected chi connectivity index (χ2v) is 5.93. The summed E-state index contributed by atoms with van der Waals surface area (Å²) in [6.45, 7) is 2.06. The first-order valence-electron chi connectivity index (χ1n) is 4.65. The third-order valence-corrected chi connectivity index (χ3v) is 5.00. The van der Waals surface area contributed by atoms with E-state index in [0.717, 1.165) is 11.0 Å². The number of unbranched alkanes of at least 4 members (excludes halogenated alkanes) is 1. The Kier molecular flexibility index (Phi) is 5.71. The standard InChI is InChI=1S/C9H16O2S2/c1-8(10)11-5-3-2-4-9-12-6-7-13-9/h9H,2-7H2,1H3. The van der Waals surface area contributed by atoms with E-state index in [9.17, 15) is 4.79 Å². The molecular formula is C9H16O2S2. The predicted octanol–water partition coefficient (Wildman–Crippen LogP) is 2.53. The lowest BCUT2D eigenvalue weighted by Gasteiger charge is -2.06. The summed E-state index contributed by atoms with van der Waals surface area (Å²) in [5.74, 6) is 2.45. The van der Waals surface area contributed by atoms with Crippen LogP contribution in [0.2, 0.25) is 0 Å². The lowest BCUT2D eigenvalue weighted by Crippen LogP contribution is -2.01. The highest BCUT2D eigenvalue weighted by molar-refractivity contribution is 8.20. The van der Waals surface area contributed by atoms with Gasteiger partial charge in [-0.25, -0.2) is 0 Å². The monoisotopic (exact) mass is 220 g/mol. The van der Waals surface area contributed by atoms with Crippen molar-refractivity contribution in [3.63, 3.8) is 0 Å². The van der Waals surface area contributed by atoms with Gasteiger partial charge in [-0.3, -0.25) is 4.79 Å². The smallest absolute Gasteiger partial charge is 0.302 e. The van der Waals surface area contributed by atoms with Crippen LogP contribution in [0.1, 0.15) is 26.2 Å². The van der Waals surface area contributed by atoms with Crippen LogP contribution in [0.5, 0.6) is 0 Å². The molecule has 4 heteroatoms. The highest BCUT2D eigenvalue weighted by atomic mass is 32.2. The molecule has 0 aromatic carbocycles. The highest BCUT2D eigenvalue weighted by Crippen LogP contribution is 2.35. The van der Waals surface area contributed by atoms with Crippen molar-refractivity contribution < 1.29 is 9.53 Å². The molecule has 0 aromatic rings. The molecule has 0 bridgehead atoms. The molecule has 0 aliphatic carbocycles. The van der Waals surface area contributed by atoms with Crippen molar-refractivity contribution in [1.29, 1.82) is 0 Å². The van der Waals surface area contributed by atoms with Crippen LogP contribution in [0.3, 0.4) is 0 Å². The molecule has 0 saturated carbocycles. The highest BCUT2D eigenvalue weighted by Gasteiger charge is 2.14. The average Bonchev–Trinajstić information content (AvgIpc) is 2.55. The van der Waals surface area contributed by atoms with Crippen molar-refractivity contribution in [2.75, 3.05) is 18.1 Å². The van der Waals surface area contributed by atoms with E-state index in [-0.39, 0.29) is 5.97 Å².